The molecule has 0 radical (unpaired) electrons. The van der Waals surface area contributed by atoms with Gasteiger partial charge >= 0.3 is 0 Å². The van der Waals surface area contributed by atoms with Crippen LogP contribution in [0.4, 0.5) is 4.39 Å². The van der Waals surface area contributed by atoms with Gasteiger partial charge in [-0.1, -0.05) is 0 Å². The van der Waals surface area contributed by atoms with E-state index in [9.17, 15) is 9.18 Å². The van der Waals surface area contributed by atoms with E-state index in [1.165, 1.54) is 6.07 Å². The normalized spacial score (nSPS) is 15.5. The maximum Gasteiger partial charge on any atom is 0.254 e. The van der Waals surface area contributed by atoms with Gasteiger partial charge in [-0.25, -0.2) is 9.07 Å². The highest BCUT2D eigenvalue weighted by molar-refractivity contribution is 5.94. The van der Waals surface area contributed by atoms with Crippen molar-refractivity contribution in [3.63, 3.8) is 0 Å². The Balaban J connectivity index is 1.86. The number of carbonyl (C=O) groups excluding carboxylic acids is 1. The first-order valence-electron chi connectivity index (χ1n) is 7.89. The SMILES string of the molecule is Cc1cc(C)n(-c2ccc(C(=O)N3CCCNCC3)cc2F)n1. The van der Waals surface area contributed by atoms with Crippen molar-refractivity contribution in [1.29, 1.82) is 0 Å². The number of nitrogens with one attached hydrogen (secondary N) is 1. The third-order valence-electron chi connectivity index (χ3n) is 4.06. The molecule has 122 valence electrons. The molecule has 1 fully saturated rings. The van der Waals surface area contributed by atoms with Gasteiger partial charge in [0.05, 0.1) is 5.69 Å². The Bertz CT molecular complexity index is 717. The number of halogens is 1. The minimum Gasteiger partial charge on any atom is -0.337 e. The summed E-state index contributed by atoms with van der Waals surface area (Å²) in [7, 11) is 0. The zero-order chi connectivity index (χ0) is 16.4. The standard InChI is InChI=1S/C17H21FN4O/c1-12-10-13(2)22(20-12)16-5-4-14(11-15(16)18)17(23)21-8-3-6-19-7-9-21/h4-5,10-11,19H,3,6-9H2,1-2H3. The van der Waals surface area contributed by atoms with Gasteiger partial charge in [0.25, 0.3) is 5.91 Å². The van der Waals surface area contributed by atoms with Crippen molar-refractivity contribution < 1.29 is 9.18 Å². The number of aryl methyl sites for hydroxylation is 2. The summed E-state index contributed by atoms with van der Waals surface area (Å²) < 4.78 is 16.1. The Labute approximate surface area is 135 Å². The zero-order valence-electron chi connectivity index (χ0n) is 13.5. The van der Waals surface area contributed by atoms with Crippen LogP contribution in [0.2, 0.25) is 0 Å². The van der Waals surface area contributed by atoms with Crippen molar-refractivity contribution in [1.82, 2.24) is 20.0 Å². The van der Waals surface area contributed by atoms with Crippen LogP contribution in [-0.4, -0.2) is 46.8 Å². The highest BCUT2D eigenvalue weighted by Crippen LogP contribution is 2.18. The van der Waals surface area contributed by atoms with E-state index < -0.39 is 5.82 Å². The average molecular weight is 316 g/mol. The van der Waals surface area contributed by atoms with Gasteiger partial charge in [-0.3, -0.25) is 4.79 Å². The van der Waals surface area contributed by atoms with Crippen molar-refractivity contribution in [2.24, 2.45) is 0 Å². The molecule has 1 aliphatic heterocycles. The Morgan fingerprint density at radius 2 is 2.04 bits per heavy atom. The molecular weight excluding hydrogens is 295 g/mol. The molecule has 5 nitrogen and oxygen atoms in total. The summed E-state index contributed by atoms with van der Waals surface area (Å²) in [6.07, 6.45) is 0.915. The molecule has 0 spiro atoms. The maximum atomic E-state index is 14.5. The number of aromatic nitrogens is 2. The minimum absolute atomic E-state index is 0.118. The van der Waals surface area contributed by atoms with Gasteiger partial charge in [0, 0.05) is 30.9 Å². The van der Waals surface area contributed by atoms with Crippen LogP contribution in [0.25, 0.3) is 5.69 Å². The molecule has 1 aromatic heterocycles. The zero-order valence-corrected chi connectivity index (χ0v) is 13.5. The van der Waals surface area contributed by atoms with Crippen LogP contribution in [0, 0.1) is 19.7 Å². The second kappa shape index (κ2) is 6.50. The molecule has 6 heteroatoms. The highest BCUT2D eigenvalue weighted by atomic mass is 19.1. The van der Waals surface area contributed by atoms with Crippen LogP contribution in [0.1, 0.15) is 28.2 Å². The summed E-state index contributed by atoms with van der Waals surface area (Å²) in [5.74, 6) is -0.553. The van der Waals surface area contributed by atoms with E-state index in [1.807, 2.05) is 19.9 Å². The molecule has 1 aromatic carbocycles. The van der Waals surface area contributed by atoms with Crippen LogP contribution in [0.5, 0.6) is 0 Å². The van der Waals surface area contributed by atoms with Crippen LogP contribution in [-0.2, 0) is 0 Å². The number of amides is 1. The van der Waals surface area contributed by atoms with Crippen molar-refractivity contribution in [2.75, 3.05) is 26.2 Å². The largest absolute Gasteiger partial charge is 0.337 e. The molecule has 0 unspecified atom stereocenters. The van der Waals surface area contributed by atoms with Crippen molar-refractivity contribution in [3.8, 4) is 5.69 Å². The summed E-state index contributed by atoms with van der Waals surface area (Å²) in [6.45, 7) is 6.79. The average Bonchev–Trinajstić information content (AvgIpc) is 2.74. The predicted octanol–water partition coefficient (Wildman–Crippen LogP) is 2.06. The van der Waals surface area contributed by atoms with Gasteiger partial charge in [0.2, 0.25) is 0 Å². The van der Waals surface area contributed by atoms with Crippen LogP contribution >= 0.6 is 0 Å². The lowest BCUT2D eigenvalue weighted by Crippen LogP contribution is -2.34. The molecule has 0 bridgehead atoms. The molecule has 1 saturated heterocycles. The van der Waals surface area contributed by atoms with E-state index in [-0.39, 0.29) is 5.91 Å². The van der Waals surface area contributed by atoms with E-state index >= 15 is 0 Å². The molecule has 0 saturated carbocycles. The van der Waals surface area contributed by atoms with E-state index in [1.54, 1.807) is 21.7 Å². The molecule has 1 aliphatic rings. The van der Waals surface area contributed by atoms with E-state index in [4.69, 9.17) is 0 Å². The van der Waals surface area contributed by atoms with E-state index in [0.29, 0.717) is 24.3 Å². The topological polar surface area (TPSA) is 50.2 Å². The first-order chi connectivity index (χ1) is 11.1. The lowest BCUT2D eigenvalue weighted by atomic mass is 10.1. The molecule has 0 aliphatic carbocycles. The summed E-state index contributed by atoms with van der Waals surface area (Å²) in [5.41, 5.74) is 2.44. The highest BCUT2D eigenvalue weighted by Gasteiger charge is 2.19. The number of nitrogens with zero attached hydrogens (tertiary/aromatic N) is 3. The molecule has 3 rings (SSSR count). The molecule has 2 heterocycles. The fraction of sp³-hybridized carbons (Fsp3) is 0.412. The number of hydrogen-bond acceptors (Lipinski definition) is 3. The molecule has 2 aromatic rings. The first kappa shape index (κ1) is 15.7. The number of rotatable bonds is 2. The van der Waals surface area contributed by atoms with Gasteiger partial charge in [0.1, 0.15) is 11.5 Å². The number of benzene rings is 1. The first-order valence-corrected chi connectivity index (χ1v) is 7.89. The molecule has 1 N–H and O–H groups in total. The van der Waals surface area contributed by atoms with Gasteiger partial charge in [-0.05, 0) is 51.1 Å². The third-order valence-corrected chi connectivity index (χ3v) is 4.06. The number of carbonyl (C=O) groups is 1. The second-order valence-electron chi connectivity index (χ2n) is 5.90. The van der Waals surface area contributed by atoms with Crippen LogP contribution in [0.15, 0.2) is 24.3 Å². The summed E-state index contributed by atoms with van der Waals surface area (Å²) in [4.78, 5) is 14.3. The second-order valence-corrected chi connectivity index (χ2v) is 5.90. The monoisotopic (exact) mass is 316 g/mol. The fourth-order valence-corrected chi connectivity index (χ4v) is 2.92. The Morgan fingerprint density at radius 1 is 1.22 bits per heavy atom. The molecule has 1 amide bonds. The molecular formula is C17H21FN4O. The summed E-state index contributed by atoms with van der Waals surface area (Å²) in [6, 6.07) is 6.50. The Hall–Kier alpha value is -2.21. The quantitative estimate of drug-likeness (QED) is 0.923. The lowest BCUT2D eigenvalue weighted by molar-refractivity contribution is 0.0766. The van der Waals surface area contributed by atoms with E-state index in [2.05, 4.69) is 10.4 Å². The van der Waals surface area contributed by atoms with E-state index in [0.717, 1.165) is 30.9 Å². The van der Waals surface area contributed by atoms with Gasteiger partial charge in [-0.15, -0.1) is 0 Å². The Kier molecular flexibility index (Phi) is 4.43. The third kappa shape index (κ3) is 3.27. The maximum absolute atomic E-state index is 14.5. The minimum atomic E-state index is -0.435. The van der Waals surface area contributed by atoms with Gasteiger partial charge in [-0.2, -0.15) is 5.10 Å². The molecule has 23 heavy (non-hydrogen) atoms. The number of hydrogen-bond donors (Lipinski definition) is 1. The van der Waals surface area contributed by atoms with Crippen molar-refractivity contribution in [2.45, 2.75) is 20.3 Å². The molecule has 0 atom stereocenters. The Morgan fingerprint density at radius 3 is 2.74 bits per heavy atom. The van der Waals surface area contributed by atoms with Crippen molar-refractivity contribution >= 4 is 5.91 Å². The van der Waals surface area contributed by atoms with Crippen LogP contribution < -0.4 is 5.32 Å². The van der Waals surface area contributed by atoms with Crippen LogP contribution in [0.3, 0.4) is 0 Å². The summed E-state index contributed by atoms with van der Waals surface area (Å²) in [5, 5.41) is 7.55. The predicted molar refractivity (Wildman–Crippen MR) is 86.4 cm³/mol. The van der Waals surface area contributed by atoms with Crippen molar-refractivity contribution in [3.05, 3.63) is 47.0 Å². The smallest absolute Gasteiger partial charge is 0.254 e. The van der Waals surface area contributed by atoms with Gasteiger partial charge in [0.15, 0.2) is 0 Å². The van der Waals surface area contributed by atoms with Gasteiger partial charge < -0.3 is 10.2 Å². The fourth-order valence-electron chi connectivity index (χ4n) is 2.92. The summed E-state index contributed by atoms with van der Waals surface area (Å²) >= 11 is 0. The lowest BCUT2D eigenvalue weighted by Gasteiger charge is -2.20.